The number of benzene rings is 1. The number of nitrogen functional groups attached to an aromatic ring is 1. The van der Waals surface area contributed by atoms with Gasteiger partial charge in [0.1, 0.15) is 30.3 Å². The van der Waals surface area contributed by atoms with Crippen LogP contribution in [0.15, 0.2) is 64.3 Å². The van der Waals surface area contributed by atoms with Gasteiger partial charge in [0, 0.05) is 11.6 Å². The number of furan rings is 1. The molecule has 0 unspecified atom stereocenters. The quantitative estimate of drug-likeness (QED) is 0.260. The van der Waals surface area contributed by atoms with Crippen molar-refractivity contribution in [1.29, 1.82) is 0 Å². The zero-order valence-corrected chi connectivity index (χ0v) is 20.2. The standard InChI is InChI=1S/C25H24BrN5O4/c26-18-8-14-3-1-13(7-19(14)30-24(18)27)2-4-15-9-20(23(34)22(15)33)31-25-17(10-28-12-29-25)21(32)16-5-6-35-11-16/h1,3,5-8,10-12,15,20,22-23,33-34H,2,4,9H2,(H2,27,30)(H,28,29,31)/t15-,20+,22+,23-/m0/s1. The second-order valence-electron chi connectivity index (χ2n) is 8.78. The number of carbonyl (C=O) groups is 1. The van der Waals surface area contributed by atoms with Crippen LogP contribution in [-0.4, -0.2) is 49.2 Å². The van der Waals surface area contributed by atoms with Gasteiger partial charge in [0.25, 0.3) is 0 Å². The third kappa shape index (κ3) is 4.77. The van der Waals surface area contributed by atoms with Crippen molar-refractivity contribution in [2.24, 2.45) is 5.92 Å². The molecule has 3 heterocycles. The molecule has 0 amide bonds. The fourth-order valence-electron chi connectivity index (χ4n) is 4.60. The number of pyridine rings is 1. The van der Waals surface area contributed by atoms with Gasteiger partial charge in [0.2, 0.25) is 5.78 Å². The van der Waals surface area contributed by atoms with Gasteiger partial charge in [-0.05, 0) is 64.9 Å². The number of ketones is 1. The number of fused-ring (bicyclic) bond motifs is 1. The van der Waals surface area contributed by atoms with Gasteiger partial charge in [0.15, 0.2) is 0 Å². The maximum absolute atomic E-state index is 12.8. The molecule has 4 atom stereocenters. The highest BCUT2D eigenvalue weighted by molar-refractivity contribution is 9.10. The molecule has 1 aliphatic rings. The maximum Gasteiger partial charge on any atom is 0.201 e. The molecular formula is C25H24BrN5O4. The summed E-state index contributed by atoms with van der Waals surface area (Å²) in [5.74, 6) is 0.334. The number of aliphatic hydroxyl groups is 2. The molecule has 10 heteroatoms. The van der Waals surface area contributed by atoms with Crippen molar-refractivity contribution < 1.29 is 19.4 Å². The number of aromatic nitrogens is 3. The molecule has 5 N–H and O–H groups in total. The molecule has 1 fully saturated rings. The van der Waals surface area contributed by atoms with Crippen LogP contribution in [0.1, 0.15) is 34.3 Å². The Labute approximate surface area is 209 Å². The molecule has 0 saturated heterocycles. The minimum absolute atomic E-state index is 0.129. The molecule has 180 valence electrons. The van der Waals surface area contributed by atoms with E-state index in [1.165, 1.54) is 25.1 Å². The second-order valence-corrected chi connectivity index (χ2v) is 9.63. The first-order chi connectivity index (χ1) is 16.9. The fourth-order valence-corrected chi connectivity index (χ4v) is 4.94. The SMILES string of the molecule is Nc1nc2cc(CC[C@H]3C[C@@H](Nc4ncncc4C(=O)c4ccoc4)[C@H](O)[C@@H]3O)ccc2cc1Br. The van der Waals surface area contributed by atoms with Crippen LogP contribution < -0.4 is 11.1 Å². The Balaban J connectivity index is 1.27. The summed E-state index contributed by atoms with van der Waals surface area (Å²) in [7, 11) is 0. The average Bonchev–Trinajstić information content (AvgIpc) is 3.48. The Morgan fingerprint density at radius 2 is 2.09 bits per heavy atom. The van der Waals surface area contributed by atoms with Gasteiger partial charge < -0.3 is 25.7 Å². The number of nitrogens with two attached hydrogens (primary N) is 1. The van der Waals surface area contributed by atoms with Crippen molar-refractivity contribution >= 4 is 44.3 Å². The lowest BCUT2D eigenvalue weighted by Crippen LogP contribution is -2.35. The number of hydrogen-bond donors (Lipinski definition) is 4. The van der Waals surface area contributed by atoms with E-state index in [9.17, 15) is 15.0 Å². The topological polar surface area (TPSA) is 147 Å². The number of nitrogens with zero attached hydrogens (tertiary/aromatic N) is 3. The van der Waals surface area contributed by atoms with E-state index in [4.69, 9.17) is 10.2 Å². The Bertz CT molecular complexity index is 1360. The highest BCUT2D eigenvalue weighted by Gasteiger charge is 2.41. The normalized spacial score (nSPS) is 21.9. The van der Waals surface area contributed by atoms with Crippen LogP contribution in [0, 0.1) is 5.92 Å². The number of aryl methyl sites for hydroxylation is 1. The molecule has 0 spiro atoms. The van der Waals surface area contributed by atoms with E-state index < -0.39 is 18.2 Å². The lowest BCUT2D eigenvalue weighted by molar-refractivity contribution is 0.0158. The smallest absolute Gasteiger partial charge is 0.201 e. The molecule has 0 radical (unpaired) electrons. The van der Waals surface area contributed by atoms with Crippen LogP contribution in [0.25, 0.3) is 10.9 Å². The summed E-state index contributed by atoms with van der Waals surface area (Å²) in [6.07, 6.45) is 5.57. The molecular weight excluding hydrogens is 514 g/mol. The highest BCUT2D eigenvalue weighted by Crippen LogP contribution is 2.33. The van der Waals surface area contributed by atoms with E-state index in [1.807, 2.05) is 24.3 Å². The summed E-state index contributed by atoms with van der Waals surface area (Å²) in [4.78, 5) is 25.4. The first-order valence-corrected chi connectivity index (χ1v) is 12.0. The molecule has 1 saturated carbocycles. The maximum atomic E-state index is 12.8. The van der Waals surface area contributed by atoms with Crippen LogP contribution in [0.2, 0.25) is 0 Å². The zero-order chi connectivity index (χ0) is 24.5. The first kappa shape index (κ1) is 23.4. The van der Waals surface area contributed by atoms with Crippen LogP contribution in [0.4, 0.5) is 11.6 Å². The lowest BCUT2D eigenvalue weighted by Gasteiger charge is -2.19. The molecule has 1 aliphatic carbocycles. The third-order valence-corrected chi connectivity index (χ3v) is 7.17. The van der Waals surface area contributed by atoms with Gasteiger partial charge in [-0.1, -0.05) is 12.1 Å². The lowest BCUT2D eigenvalue weighted by atomic mass is 9.95. The van der Waals surface area contributed by atoms with E-state index in [0.717, 1.165) is 20.9 Å². The monoisotopic (exact) mass is 537 g/mol. The predicted molar refractivity (Wildman–Crippen MR) is 134 cm³/mol. The number of hydrogen-bond acceptors (Lipinski definition) is 9. The van der Waals surface area contributed by atoms with Crippen LogP contribution in [0.5, 0.6) is 0 Å². The molecule has 4 aromatic rings. The number of nitrogens with one attached hydrogen (secondary N) is 1. The summed E-state index contributed by atoms with van der Waals surface area (Å²) >= 11 is 3.40. The molecule has 9 nitrogen and oxygen atoms in total. The van der Waals surface area contributed by atoms with Gasteiger partial charge in [-0.3, -0.25) is 4.79 Å². The predicted octanol–water partition coefficient (Wildman–Crippen LogP) is 3.35. The van der Waals surface area contributed by atoms with Crippen molar-refractivity contribution in [2.45, 2.75) is 37.5 Å². The molecule has 0 bridgehead atoms. The van der Waals surface area contributed by atoms with Crippen molar-refractivity contribution in [1.82, 2.24) is 15.0 Å². The van der Waals surface area contributed by atoms with Crippen LogP contribution in [-0.2, 0) is 6.42 Å². The van der Waals surface area contributed by atoms with Gasteiger partial charge in [-0.15, -0.1) is 0 Å². The van der Waals surface area contributed by atoms with Crippen molar-refractivity contribution in [3.8, 4) is 0 Å². The van der Waals surface area contributed by atoms with Crippen LogP contribution >= 0.6 is 15.9 Å². The Hall–Kier alpha value is -3.34. The second kappa shape index (κ2) is 9.73. The zero-order valence-electron chi connectivity index (χ0n) is 18.6. The number of anilines is 2. The first-order valence-electron chi connectivity index (χ1n) is 11.2. The number of carbonyl (C=O) groups excluding carboxylic acids is 1. The fraction of sp³-hybridized carbons (Fsp3) is 0.280. The molecule has 0 aliphatic heterocycles. The molecule has 5 rings (SSSR count). The molecule has 1 aromatic carbocycles. The summed E-state index contributed by atoms with van der Waals surface area (Å²) < 4.78 is 5.77. The van der Waals surface area contributed by atoms with E-state index in [2.05, 4.69) is 36.2 Å². The summed E-state index contributed by atoms with van der Waals surface area (Å²) in [6, 6.07) is 9.08. The van der Waals surface area contributed by atoms with E-state index in [-0.39, 0.29) is 17.3 Å². The third-order valence-electron chi connectivity index (χ3n) is 6.53. The minimum Gasteiger partial charge on any atom is -0.472 e. The van der Waals surface area contributed by atoms with Gasteiger partial charge in [-0.25, -0.2) is 15.0 Å². The Kier molecular flexibility index (Phi) is 6.50. The number of halogens is 1. The van der Waals surface area contributed by atoms with E-state index in [1.54, 1.807) is 6.07 Å². The number of aliphatic hydroxyl groups excluding tert-OH is 2. The average molecular weight is 538 g/mol. The van der Waals surface area contributed by atoms with Gasteiger partial charge in [-0.2, -0.15) is 0 Å². The highest BCUT2D eigenvalue weighted by atomic mass is 79.9. The van der Waals surface area contributed by atoms with Crippen molar-refractivity contribution in [2.75, 3.05) is 11.1 Å². The minimum atomic E-state index is -0.998. The van der Waals surface area contributed by atoms with E-state index >= 15 is 0 Å². The Morgan fingerprint density at radius 1 is 1.23 bits per heavy atom. The summed E-state index contributed by atoms with van der Waals surface area (Å²) in [5.41, 5.74) is 8.46. The number of rotatable bonds is 7. The summed E-state index contributed by atoms with van der Waals surface area (Å²) in [5, 5.41) is 25.6. The van der Waals surface area contributed by atoms with Gasteiger partial charge in [0.05, 0.1) is 39.5 Å². The molecule has 35 heavy (non-hydrogen) atoms. The van der Waals surface area contributed by atoms with Crippen LogP contribution in [0.3, 0.4) is 0 Å². The van der Waals surface area contributed by atoms with E-state index in [0.29, 0.717) is 36.5 Å². The van der Waals surface area contributed by atoms with Crippen molar-refractivity contribution in [3.05, 3.63) is 76.5 Å². The summed E-state index contributed by atoms with van der Waals surface area (Å²) in [6.45, 7) is 0. The molecule has 3 aromatic heterocycles. The Morgan fingerprint density at radius 3 is 2.89 bits per heavy atom. The van der Waals surface area contributed by atoms with Gasteiger partial charge >= 0.3 is 0 Å². The largest absolute Gasteiger partial charge is 0.472 e. The van der Waals surface area contributed by atoms with Crippen molar-refractivity contribution in [3.63, 3.8) is 0 Å².